The Hall–Kier alpha value is -3.23. The van der Waals surface area contributed by atoms with E-state index in [-0.39, 0.29) is 28.2 Å². The van der Waals surface area contributed by atoms with Crippen LogP contribution in [-0.2, 0) is 9.59 Å². The third-order valence-electron chi connectivity index (χ3n) is 3.51. The van der Waals surface area contributed by atoms with E-state index in [0.717, 1.165) is 6.07 Å². The highest BCUT2D eigenvalue weighted by Gasteiger charge is 2.40. The van der Waals surface area contributed by atoms with E-state index in [2.05, 4.69) is 10.3 Å². The third-order valence-corrected chi connectivity index (χ3v) is 3.51. The Morgan fingerprint density at radius 2 is 1.74 bits per heavy atom. The van der Waals surface area contributed by atoms with Crippen molar-refractivity contribution in [2.75, 3.05) is 0 Å². The van der Waals surface area contributed by atoms with Gasteiger partial charge in [-0.25, -0.2) is 9.59 Å². The molecule has 0 aliphatic carbocycles. The molecule has 0 saturated heterocycles. The van der Waals surface area contributed by atoms with Crippen LogP contribution in [0.3, 0.4) is 0 Å². The van der Waals surface area contributed by atoms with Crippen LogP contribution in [0.15, 0.2) is 40.9 Å². The predicted molar refractivity (Wildman–Crippen MR) is 77.4 cm³/mol. The normalized spacial score (nSPS) is 15.4. The average Bonchev–Trinajstić information content (AvgIpc) is 2.45. The molecule has 1 aliphatic heterocycles. The fourth-order valence-electron chi connectivity index (χ4n) is 2.62. The average molecular weight is 319 g/mol. The van der Waals surface area contributed by atoms with Crippen LogP contribution in [0.5, 0.6) is 0 Å². The SMILES string of the molecule is CC1=C(C(=O)O)C(c2ncccc2[N+](=O)[O-])C(C(=O)O)=C(C)N1. The smallest absolute Gasteiger partial charge is 0.334 e. The van der Waals surface area contributed by atoms with E-state index in [1.807, 2.05) is 0 Å². The first-order valence-electron chi connectivity index (χ1n) is 6.50. The van der Waals surface area contributed by atoms with Gasteiger partial charge in [0.1, 0.15) is 5.69 Å². The van der Waals surface area contributed by atoms with Gasteiger partial charge in [0, 0.05) is 23.7 Å². The van der Waals surface area contributed by atoms with Crippen molar-refractivity contribution >= 4 is 17.6 Å². The molecule has 0 aromatic carbocycles. The molecular formula is C14H13N3O6. The number of pyridine rings is 1. The second-order valence-electron chi connectivity index (χ2n) is 4.91. The number of hydrogen-bond donors (Lipinski definition) is 3. The van der Waals surface area contributed by atoms with Gasteiger partial charge >= 0.3 is 11.9 Å². The van der Waals surface area contributed by atoms with Crippen LogP contribution in [0.2, 0.25) is 0 Å². The van der Waals surface area contributed by atoms with Crippen molar-refractivity contribution < 1.29 is 24.7 Å². The van der Waals surface area contributed by atoms with Gasteiger partial charge in [0.15, 0.2) is 0 Å². The van der Waals surface area contributed by atoms with E-state index in [1.165, 1.54) is 26.1 Å². The fourth-order valence-corrected chi connectivity index (χ4v) is 2.62. The first-order chi connectivity index (χ1) is 10.8. The van der Waals surface area contributed by atoms with E-state index in [9.17, 15) is 29.9 Å². The van der Waals surface area contributed by atoms with E-state index < -0.39 is 28.5 Å². The maximum absolute atomic E-state index is 11.6. The fraction of sp³-hybridized carbons (Fsp3) is 0.214. The standard InChI is InChI=1S/C14H13N3O6/c1-6-9(13(18)19)11(10(14(20)21)7(2)16-6)12-8(17(22)23)4-3-5-15-12/h3-5,11,16H,1-2H3,(H,18,19)(H,20,21). The summed E-state index contributed by atoms with van der Waals surface area (Å²) in [7, 11) is 0. The van der Waals surface area contributed by atoms with Crippen molar-refractivity contribution in [1.82, 2.24) is 10.3 Å². The molecule has 9 heteroatoms. The number of nitrogens with zero attached hydrogens (tertiary/aromatic N) is 2. The van der Waals surface area contributed by atoms with Crippen LogP contribution >= 0.6 is 0 Å². The van der Waals surface area contributed by atoms with Crippen molar-refractivity contribution in [3.8, 4) is 0 Å². The van der Waals surface area contributed by atoms with Crippen molar-refractivity contribution in [1.29, 1.82) is 0 Å². The summed E-state index contributed by atoms with van der Waals surface area (Å²) in [4.78, 5) is 37.6. The van der Waals surface area contributed by atoms with Crippen LogP contribution in [0.4, 0.5) is 5.69 Å². The monoisotopic (exact) mass is 319 g/mol. The lowest BCUT2D eigenvalue weighted by molar-refractivity contribution is -0.386. The number of rotatable bonds is 4. The molecule has 0 spiro atoms. The predicted octanol–water partition coefficient (Wildman–Crippen LogP) is 1.39. The highest BCUT2D eigenvalue weighted by Crippen LogP contribution is 2.40. The number of aromatic nitrogens is 1. The van der Waals surface area contributed by atoms with Gasteiger partial charge in [-0.15, -0.1) is 0 Å². The topological polar surface area (TPSA) is 143 Å². The number of nitrogens with one attached hydrogen (secondary N) is 1. The molecule has 0 saturated carbocycles. The Kier molecular flexibility index (Phi) is 4.12. The first-order valence-corrected chi connectivity index (χ1v) is 6.50. The molecule has 0 radical (unpaired) electrons. The van der Waals surface area contributed by atoms with E-state index in [0.29, 0.717) is 0 Å². The maximum Gasteiger partial charge on any atom is 0.334 e. The molecule has 0 unspecified atom stereocenters. The molecule has 2 heterocycles. The van der Waals surface area contributed by atoms with Crippen molar-refractivity contribution in [2.45, 2.75) is 19.8 Å². The number of dihydropyridines is 1. The summed E-state index contributed by atoms with van der Waals surface area (Å²) in [6.45, 7) is 2.93. The molecule has 120 valence electrons. The van der Waals surface area contributed by atoms with Gasteiger partial charge in [0.25, 0.3) is 5.69 Å². The number of carboxylic acid groups (broad SMARTS) is 2. The number of aliphatic carboxylic acids is 2. The van der Waals surface area contributed by atoms with Gasteiger partial charge < -0.3 is 15.5 Å². The summed E-state index contributed by atoms with van der Waals surface area (Å²) in [6, 6.07) is 2.49. The van der Waals surface area contributed by atoms with Crippen molar-refractivity contribution in [2.24, 2.45) is 0 Å². The van der Waals surface area contributed by atoms with Crippen molar-refractivity contribution in [3.05, 3.63) is 56.7 Å². The summed E-state index contributed by atoms with van der Waals surface area (Å²) < 4.78 is 0. The number of allylic oxidation sites excluding steroid dienone is 2. The number of nitro groups is 1. The van der Waals surface area contributed by atoms with Gasteiger partial charge in [0.2, 0.25) is 0 Å². The zero-order valence-electron chi connectivity index (χ0n) is 12.2. The zero-order valence-corrected chi connectivity index (χ0v) is 12.2. The zero-order chi connectivity index (χ0) is 17.3. The van der Waals surface area contributed by atoms with Crippen molar-refractivity contribution in [3.63, 3.8) is 0 Å². The van der Waals surface area contributed by atoms with Crippen LogP contribution in [0, 0.1) is 10.1 Å². The number of carbonyl (C=O) groups is 2. The molecule has 3 N–H and O–H groups in total. The summed E-state index contributed by atoms with van der Waals surface area (Å²) in [5.41, 5.74) is -0.787. The Balaban J connectivity index is 2.81. The molecule has 1 aromatic rings. The number of carboxylic acids is 2. The Bertz CT molecular complexity index is 744. The summed E-state index contributed by atoms with van der Waals surface area (Å²) in [5, 5.41) is 32.8. The molecular weight excluding hydrogens is 306 g/mol. The Morgan fingerprint density at radius 3 is 2.17 bits per heavy atom. The lowest BCUT2D eigenvalue weighted by Gasteiger charge is -2.27. The molecule has 0 atom stereocenters. The minimum atomic E-state index is -1.37. The molecule has 1 aromatic heterocycles. The second kappa shape index (κ2) is 5.87. The van der Waals surface area contributed by atoms with Gasteiger partial charge in [-0.2, -0.15) is 0 Å². The largest absolute Gasteiger partial charge is 0.478 e. The molecule has 9 nitrogen and oxygen atoms in total. The van der Waals surface area contributed by atoms with E-state index >= 15 is 0 Å². The summed E-state index contributed by atoms with van der Waals surface area (Å²) >= 11 is 0. The van der Waals surface area contributed by atoms with Crippen LogP contribution in [-0.4, -0.2) is 32.1 Å². The van der Waals surface area contributed by atoms with Gasteiger partial charge in [-0.05, 0) is 19.9 Å². The van der Waals surface area contributed by atoms with E-state index in [4.69, 9.17) is 0 Å². The highest BCUT2D eigenvalue weighted by atomic mass is 16.6. The van der Waals surface area contributed by atoms with Gasteiger partial charge in [-0.1, -0.05) is 0 Å². The number of hydrogen-bond acceptors (Lipinski definition) is 6. The molecule has 0 bridgehead atoms. The molecule has 2 rings (SSSR count). The first kappa shape index (κ1) is 16.1. The second-order valence-corrected chi connectivity index (χ2v) is 4.91. The van der Waals surface area contributed by atoms with Crippen LogP contribution < -0.4 is 5.32 Å². The summed E-state index contributed by atoms with van der Waals surface area (Å²) in [5.74, 6) is -4.08. The Morgan fingerprint density at radius 1 is 1.22 bits per heavy atom. The Labute approximate surface area is 130 Å². The quantitative estimate of drug-likeness (QED) is 0.558. The van der Waals surface area contributed by atoms with E-state index in [1.54, 1.807) is 0 Å². The van der Waals surface area contributed by atoms with Gasteiger partial charge in [0.05, 0.1) is 22.0 Å². The third kappa shape index (κ3) is 2.76. The minimum Gasteiger partial charge on any atom is -0.478 e. The van der Waals surface area contributed by atoms with Crippen LogP contribution in [0.1, 0.15) is 25.5 Å². The lowest BCUT2D eigenvalue weighted by Crippen LogP contribution is -2.31. The molecule has 0 amide bonds. The molecule has 23 heavy (non-hydrogen) atoms. The minimum absolute atomic E-state index is 0.213. The molecule has 0 fully saturated rings. The molecule has 1 aliphatic rings. The maximum atomic E-state index is 11.6. The van der Waals surface area contributed by atoms with Crippen LogP contribution in [0.25, 0.3) is 0 Å². The lowest BCUT2D eigenvalue weighted by atomic mass is 9.82. The summed E-state index contributed by atoms with van der Waals surface area (Å²) in [6.07, 6.45) is 1.26. The highest BCUT2D eigenvalue weighted by molar-refractivity contribution is 5.98. The van der Waals surface area contributed by atoms with Gasteiger partial charge in [-0.3, -0.25) is 15.1 Å².